The Morgan fingerprint density at radius 2 is 1.95 bits per heavy atom. The SMILES string of the molecule is CCCS(=O)(=O)c1ccccc1NC1CCCCC1SC. The van der Waals surface area contributed by atoms with E-state index in [0.717, 1.165) is 12.1 Å². The quantitative estimate of drug-likeness (QED) is 0.859. The van der Waals surface area contributed by atoms with Crippen LogP contribution in [0.2, 0.25) is 0 Å². The first-order valence-corrected chi connectivity index (χ1v) is 10.6. The van der Waals surface area contributed by atoms with Crippen molar-refractivity contribution < 1.29 is 8.42 Å². The molecule has 1 aromatic rings. The van der Waals surface area contributed by atoms with Gasteiger partial charge in [-0.3, -0.25) is 0 Å². The highest BCUT2D eigenvalue weighted by Crippen LogP contribution is 2.31. The van der Waals surface area contributed by atoms with Crippen LogP contribution >= 0.6 is 11.8 Å². The second kappa shape index (κ2) is 7.54. The van der Waals surface area contributed by atoms with Gasteiger partial charge in [0, 0.05) is 11.3 Å². The van der Waals surface area contributed by atoms with Crippen molar-refractivity contribution >= 4 is 27.3 Å². The molecule has 1 fully saturated rings. The minimum Gasteiger partial charge on any atom is -0.380 e. The maximum absolute atomic E-state index is 12.4. The molecule has 1 aliphatic carbocycles. The van der Waals surface area contributed by atoms with Crippen LogP contribution < -0.4 is 5.32 Å². The standard InChI is InChI=1S/C16H25NO2S2/c1-3-12-21(18,19)16-11-7-5-9-14(16)17-13-8-4-6-10-15(13)20-2/h5,7,9,11,13,15,17H,3-4,6,8,10,12H2,1-2H3. The molecule has 2 unspecified atom stereocenters. The van der Waals surface area contributed by atoms with Crippen LogP contribution in [0.5, 0.6) is 0 Å². The Kier molecular flexibility index (Phi) is 5.99. The summed E-state index contributed by atoms with van der Waals surface area (Å²) in [7, 11) is -3.19. The van der Waals surface area contributed by atoms with Crippen molar-refractivity contribution in [1.82, 2.24) is 0 Å². The average molecular weight is 328 g/mol. The lowest BCUT2D eigenvalue weighted by Crippen LogP contribution is -2.34. The molecular weight excluding hydrogens is 302 g/mol. The smallest absolute Gasteiger partial charge is 0.180 e. The summed E-state index contributed by atoms with van der Waals surface area (Å²) in [4.78, 5) is 0.456. The van der Waals surface area contributed by atoms with Crippen molar-refractivity contribution in [2.45, 2.75) is 55.2 Å². The van der Waals surface area contributed by atoms with Gasteiger partial charge in [0.25, 0.3) is 0 Å². The van der Waals surface area contributed by atoms with E-state index < -0.39 is 9.84 Å². The van der Waals surface area contributed by atoms with Crippen LogP contribution in [0.3, 0.4) is 0 Å². The summed E-state index contributed by atoms with van der Waals surface area (Å²) in [6.07, 6.45) is 7.62. The molecule has 0 bridgehead atoms. The van der Waals surface area contributed by atoms with Crippen molar-refractivity contribution in [3.8, 4) is 0 Å². The highest BCUT2D eigenvalue weighted by Gasteiger charge is 2.26. The summed E-state index contributed by atoms with van der Waals surface area (Å²) in [6, 6.07) is 7.70. The third-order valence-corrected chi connectivity index (χ3v) is 7.18. The maximum atomic E-state index is 12.4. The Bertz CT molecular complexity index is 557. The summed E-state index contributed by atoms with van der Waals surface area (Å²) >= 11 is 1.88. The van der Waals surface area contributed by atoms with Crippen LogP contribution in [0, 0.1) is 0 Å². The summed E-state index contributed by atoms with van der Waals surface area (Å²) in [5.74, 6) is 0.211. The maximum Gasteiger partial charge on any atom is 0.180 e. The molecule has 0 aromatic heterocycles. The number of thioether (sulfide) groups is 1. The van der Waals surface area contributed by atoms with E-state index in [9.17, 15) is 8.42 Å². The van der Waals surface area contributed by atoms with Gasteiger partial charge < -0.3 is 5.32 Å². The summed E-state index contributed by atoms with van der Waals surface area (Å²) in [5.41, 5.74) is 0.775. The second-order valence-corrected chi connectivity index (χ2v) is 8.78. The molecule has 0 radical (unpaired) electrons. The number of rotatable bonds is 6. The van der Waals surface area contributed by atoms with E-state index in [4.69, 9.17) is 0 Å². The molecule has 3 nitrogen and oxygen atoms in total. The molecule has 2 atom stereocenters. The molecule has 1 N–H and O–H groups in total. The Morgan fingerprint density at radius 1 is 1.24 bits per heavy atom. The van der Waals surface area contributed by atoms with Crippen molar-refractivity contribution in [2.24, 2.45) is 0 Å². The van der Waals surface area contributed by atoms with E-state index in [-0.39, 0.29) is 5.75 Å². The van der Waals surface area contributed by atoms with E-state index >= 15 is 0 Å². The monoisotopic (exact) mass is 327 g/mol. The third kappa shape index (κ3) is 4.16. The number of hydrogen-bond donors (Lipinski definition) is 1. The molecule has 1 aromatic carbocycles. The first kappa shape index (κ1) is 16.7. The normalized spacial score (nSPS) is 23.0. The minimum absolute atomic E-state index is 0.211. The molecule has 0 aliphatic heterocycles. The number of nitrogens with one attached hydrogen (secondary N) is 1. The molecule has 1 aliphatic rings. The fourth-order valence-electron chi connectivity index (χ4n) is 2.98. The minimum atomic E-state index is -3.19. The number of benzene rings is 1. The van der Waals surface area contributed by atoms with Crippen LogP contribution in [0.25, 0.3) is 0 Å². The summed E-state index contributed by atoms with van der Waals surface area (Å²) in [6.45, 7) is 1.90. The highest BCUT2D eigenvalue weighted by molar-refractivity contribution is 7.99. The zero-order chi connectivity index (χ0) is 15.3. The van der Waals surface area contributed by atoms with Crippen LogP contribution in [0.1, 0.15) is 39.0 Å². The Balaban J connectivity index is 2.24. The Labute approximate surface area is 132 Å². The van der Waals surface area contributed by atoms with Gasteiger partial charge >= 0.3 is 0 Å². The van der Waals surface area contributed by atoms with Crippen molar-refractivity contribution in [1.29, 1.82) is 0 Å². The predicted molar refractivity (Wildman–Crippen MR) is 92.0 cm³/mol. The van der Waals surface area contributed by atoms with Gasteiger partial charge in [0.05, 0.1) is 16.3 Å². The van der Waals surface area contributed by atoms with Gasteiger partial charge in [-0.25, -0.2) is 8.42 Å². The molecule has 0 amide bonds. The zero-order valence-electron chi connectivity index (χ0n) is 12.8. The Hall–Kier alpha value is -0.680. The van der Waals surface area contributed by atoms with Gasteiger partial charge in [0.1, 0.15) is 0 Å². The lowest BCUT2D eigenvalue weighted by Gasteiger charge is -2.32. The van der Waals surface area contributed by atoms with Gasteiger partial charge in [-0.2, -0.15) is 11.8 Å². The van der Waals surface area contributed by atoms with E-state index in [1.165, 1.54) is 19.3 Å². The van der Waals surface area contributed by atoms with E-state index in [1.807, 2.05) is 30.8 Å². The molecule has 0 heterocycles. The Morgan fingerprint density at radius 3 is 2.67 bits per heavy atom. The van der Waals surface area contributed by atoms with E-state index in [1.54, 1.807) is 12.1 Å². The zero-order valence-corrected chi connectivity index (χ0v) is 14.5. The van der Waals surface area contributed by atoms with Gasteiger partial charge in [0.15, 0.2) is 9.84 Å². The van der Waals surface area contributed by atoms with Gasteiger partial charge in [-0.1, -0.05) is 31.9 Å². The van der Waals surface area contributed by atoms with Crippen LogP contribution in [-0.2, 0) is 9.84 Å². The largest absolute Gasteiger partial charge is 0.380 e. The first-order valence-electron chi connectivity index (χ1n) is 7.69. The third-order valence-electron chi connectivity index (χ3n) is 4.04. The molecule has 0 saturated heterocycles. The molecule has 1 saturated carbocycles. The molecule has 2 rings (SSSR count). The molecule has 21 heavy (non-hydrogen) atoms. The second-order valence-electron chi connectivity index (χ2n) is 5.62. The van der Waals surface area contributed by atoms with Crippen LogP contribution in [0.4, 0.5) is 5.69 Å². The highest BCUT2D eigenvalue weighted by atomic mass is 32.2. The molecular formula is C16H25NO2S2. The van der Waals surface area contributed by atoms with Crippen LogP contribution in [0.15, 0.2) is 29.2 Å². The number of sulfone groups is 1. The summed E-state index contributed by atoms with van der Waals surface area (Å²) < 4.78 is 24.8. The molecule has 5 heteroatoms. The molecule has 118 valence electrons. The average Bonchev–Trinajstić information content (AvgIpc) is 2.48. The van der Waals surface area contributed by atoms with Gasteiger partial charge in [0.2, 0.25) is 0 Å². The fraction of sp³-hybridized carbons (Fsp3) is 0.625. The molecule has 0 spiro atoms. The van der Waals surface area contributed by atoms with Crippen molar-refractivity contribution in [2.75, 3.05) is 17.3 Å². The first-order chi connectivity index (χ1) is 10.1. The van der Waals surface area contributed by atoms with Crippen molar-refractivity contribution in [3.05, 3.63) is 24.3 Å². The lowest BCUT2D eigenvalue weighted by atomic mass is 9.94. The van der Waals surface area contributed by atoms with Gasteiger partial charge in [-0.05, 0) is 37.7 Å². The fourth-order valence-corrected chi connectivity index (χ4v) is 5.42. The lowest BCUT2D eigenvalue weighted by molar-refractivity contribution is 0.474. The van der Waals surface area contributed by atoms with E-state index in [0.29, 0.717) is 22.6 Å². The number of hydrogen-bond acceptors (Lipinski definition) is 4. The van der Waals surface area contributed by atoms with Crippen molar-refractivity contribution in [3.63, 3.8) is 0 Å². The summed E-state index contributed by atoms with van der Waals surface area (Å²) in [5, 5.41) is 4.09. The van der Waals surface area contributed by atoms with Crippen LogP contribution in [-0.4, -0.2) is 31.7 Å². The number of para-hydroxylation sites is 1. The van der Waals surface area contributed by atoms with Gasteiger partial charge in [-0.15, -0.1) is 0 Å². The topological polar surface area (TPSA) is 46.2 Å². The van der Waals surface area contributed by atoms with E-state index in [2.05, 4.69) is 11.6 Å². The number of anilines is 1. The predicted octanol–water partition coefficient (Wildman–Crippen LogP) is 3.96.